The van der Waals surface area contributed by atoms with E-state index in [1.165, 1.54) is 7.11 Å². The Balaban J connectivity index is 2.46. The molecule has 1 aromatic carbocycles. The minimum atomic E-state index is -0.251. The average Bonchev–Trinajstić information content (AvgIpc) is 2.70. The highest BCUT2D eigenvalue weighted by atomic mass is 79.9. The molecule has 1 aromatic rings. The van der Waals surface area contributed by atoms with Crippen molar-refractivity contribution in [2.24, 2.45) is 0 Å². The molecule has 0 spiro atoms. The van der Waals surface area contributed by atoms with Crippen LogP contribution in [0.2, 0.25) is 0 Å². The van der Waals surface area contributed by atoms with Crippen LogP contribution in [0.4, 0.5) is 4.39 Å². The molecule has 1 fully saturated rings. The lowest BCUT2D eigenvalue weighted by Gasteiger charge is -2.26. The van der Waals surface area contributed by atoms with Crippen molar-refractivity contribution in [1.29, 1.82) is 0 Å². The molecule has 1 N–H and O–H groups in total. The quantitative estimate of drug-likeness (QED) is 0.902. The maximum Gasteiger partial charge on any atom is 0.146 e. The van der Waals surface area contributed by atoms with Gasteiger partial charge in [-0.3, -0.25) is 0 Å². The standard InChI is InChI=1S/C12H15BrFNO/c1-12(6-3-7-15-12)8-4-5-9(16-2)10(13)11(8)14/h4-5,15H,3,6-7H2,1-2H3. The molecule has 16 heavy (non-hydrogen) atoms. The number of methoxy groups -OCH3 is 1. The van der Waals surface area contributed by atoms with E-state index < -0.39 is 0 Å². The molecule has 88 valence electrons. The molecule has 1 aliphatic rings. The molecule has 4 heteroatoms. The van der Waals surface area contributed by atoms with Crippen LogP contribution in [0.1, 0.15) is 25.3 Å². The summed E-state index contributed by atoms with van der Waals surface area (Å²) in [5.41, 5.74) is 0.455. The molecule has 1 heterocycles. The number of hydrogen-bond donors (Lipinski definition) is 1. The number of halogens is 2. The molecule has 1 saturated heterocycles. The topological polar surface area (TPSA) is 21.3 Å². The van der Waals surface area contributed by atoms with E-state index in [0.29, 0.717) is 15.8 Å². The highest BCUT2D eigenvalue weighted by molar-refractivity contribution is 9.10. The van der Waals surface area contributed by atoms with Gasteiger partial charge in [0.1, 0.15) is 11.6 Å². The van der Waals surface area contributed by atoms with Gasteiger partial charge in [0.05, 0.1) is 11.6 Å². The van der Waals surface area contributed by atoms with Crippen LogP contribution in [0.3, 0.4) is 0 Å². The summed E-state index contributed by atoms with van der Waals surface area (Å²) in [6.45, 7) is 2.98. The second-order valence-corrected chi connectivity index (χ2v) is 5.10. The molecule has 0 amide bonds. The highest BCUT2D eigenvalue weighted by Gasteiger charge is 2.33. The predicted octanol–water partition coefficient (Wildman–Crippen LogP) is 3.20. The van der Waals surface area contributed by atoms with E-state index in [1.54, 1.807) is 12.1 Å². The summed E-state index contributed by atoms with van der Waals surface area (Å²) in [4.78, 5) is 0. The zero-order valence-electron chi connectivity index (χ0n) is 9.44. The van der Waals surface area contributed by atoms with E-state index in [4.69, 9.17) is 4.74 Å². The van der Waals surface area contributed by atoms with Crippen LogP contribution < -0.4 is 10.1 Å². The largest absolute Gasteiger partial charge is 0.495 e. The van der Waals surface area contributed by atoms with Crippen molar-refractivity contribution in [2.75, 3.05) is 13.7 Å². The Morgan fingerprint density at radius 3 is 2.81 bits per heavy atom. The summed E-state index contributed by atoms with van der Waals surface area (Å²) < 4.78 is 19.7. The van der Waals surface area contributed by atoms with Gasteiger partial charge in [0.15, 0.2) is 0 Å². The molecule has 0 radical (unpaired) electrons. The van der Waals surface area contributed by atoms with E-state index in [9.17, 15) is 4.39 Å². The third kappa shape index (κ3) is 1.84. The smallest absolute Gasteiger partial charge is 0.146 e. The van der Waals surface area contributed by atoms with Crippen LogP contribution in [0.25, 0.3) is 0 Å². The van der Waals surface area contributed by atoms with Gasteiger partial charge in [0.25, 0.3) is 0 Å². The Morgan fingerprint density at radius 2 is 2.25 bits per heavy atom. The zero-order chi connectivity index (χ0) is 11.8. The molecule has 2 nitrogen and oxygen atoms in total. The molecule has 0 aliphatic carbocycles. The van der Waals surface area contributed by atoms with Crippen molar-refractivity contribution in [1.82, 2.24) is 5.32 Å². The maximum atomic E-state index is 14.2. The Morgan fingerprint density at radius 1 is 1.50 bits per heavy atom. The van der Waals surface area contributed by atoms with E-state index in [1.807, 2.05) is 6.92 Å². The fourth-order valence-corrected chi connectivity index (χ4v) is 2.75. The first-order chi connectivity index (χ1) is 7.58. The normalized spacial score (nSPS) is 24.8. The van der Waals surface area contributed by atoms with Gasteiger partial charge in [-0.05, 0) is 48.3 Å². The van der Waals surface area contributed by atoms with Crippen LogP contribution in [0.5, 0.6) is 5.75 Å². The van der Waals surface area contributed by atoms with E-state index in [-0.39, 0.29) is 11.4 Å². The fourth-order valence-electron chi connectivity index (χ4n) is 2.24. The number of ether oxygens (including phenoxy) is 1. The molecule has 0 saturated carbocycles. The monoisotopic (exact) mass is 287 g/mol. The highest BCUT2D eigenvalue weighted by Crippen LogP contribution is 2.37. The van der Waals surface area contributed by atoms with Gasteiger partial charge in [-0.1, -0.05) is 6.07 Å². The van der Waals surface area contributed by atoms with E-state index in [0.717, 1.165) is 19.4 Å². The summed E-state index contributed by atoms with van der Waals surface area (Å²) in [5.74, 6) is 0.305. The van der Waals surface area contributed by atoms with Gasteiger partial charge in [0, 0.05) is 11.1 Å². The van der Waals surface area contributed by atoms with Crippen molar-refractivity contribution < 1.29 is 9.13 Å². The average molecular weight is 288 g/mol. The molecule has 1 atom stereocenters. The Kier molecular flexibility index (Phi) is 3.22. The first kappa shape index (κ1) is 11.9. The first-order valence-electron chi connectivity index (χ1n) is 5.36. The number of benzene rings is 1. The minimum Gasteiger partial charge on any atom is -0.495 e. The summed E-state index contributed by atoms with van der Waals surface area (Å²) in [7, 11) is 1.54. The second kappa shape index (κ2) is 4.34. The van der Waals surface area contributed by atoms with Crippen molar-refractivity contribution in [2.45, 2.75) is 25.3 Å². The molecule has 2 rings (SSSR count). The lowest BCUT2D eigenvalue weighted by molar-refractivity contribution is 0.391. The zero-order valence-corrected chi connectivity index (χ0v) is 11.0. The molecule has 0 aromatic heterocycles. The fraction of sp³-hybridized carbons (Fsp3) is 0.500. The van der Waals surface area contributed by atoms with Crippen molar-refractivity contribution in [3.63, 3.8) is 0 Å². The second-order valence-electron chi connectivity index (χ2n) is 4.31. The molecule has 0 bridgehead atoms. The molecule has 1 unspecified atom stereocenters. The third-order valence-corrected chi connectivity index (χ3v) is 3.97. The van der Waals surface area contributed by atoms with Gasteiger partial charge in [-0.15, -0.1) is 0 Å². The van der Waals surface area contributed by atoms with Gasteiger partial charge < -0.3 is 10.1 Å². The molecular weight excluding hydrogens is 273 g/mol. The summed E-state index contributed by atoms with van der Waals surface area (Å²) in [6, 6.07) is 3.60. The summed E-state index contributed by atoms with van der Waals surface area (Å²) >= 11 is 3.23. The predicted molar refractivity (Wildman–Crippen MR) is 65.2 cm³/mol. The first-order valence-corrected chi connectivity index (χ1v) is 6.15. The molecule has 1 aliphatic heterocycles. The van der Waals surface area contributed by atoms with Gasteiger partial charge in [-0.2, -0.15) is 0 Å². The van der Waals surface area contributed by atoms with Crippen molar-refractivity contribution in [3.05, 3.63) is 28.0 Å². The van der Waals surface area contributed by atoms with Crippen LogP contribution >= 0.6 is 15.9 Å². The summed E-state index contributed by atoms with van der Waals surface area (Å²) in [6.07, 6.45) is 2.04. The van der Waals surface area contributed by atoms with Crippen molar-refractivity contribution >= 4 is 15.9 Å². The lowest BCUT2D eigenvalue weighted by atomic mass is 9.90. The van der Waals surface area contributed by atoms with Crippen molar-refractivity contribution in [3.8, 4) is 5.75 Å². The van der Waals surface area contributed by atoms with Crippen LogP contribution in [-0.4, -0.2) is 13.7 Å². The van der Waals surface area contributed by atoms with Crippen LogP contribution in [0, 0.1) is 5.82 Å². The Labute approximate surface area is 103 Å². The molecular formula is C12H15BrFNO. The number of rotatable bonds is 2. The van der Waals surface area contributed by atoms with E-state index >= 15 is 0 Å². The Bertz CT molecular complexity index is 402. The Hall–Kier alpha value is -0.610. The van der Waals surface area contributed by atoms with Gasteiger partial charge >= 0.3 is 0 Å². The number of nitrogens with one attached hydrogen (secondary N) is 1. The SMILES string of the molecule is COc1ccc(C2(C)CCCN2)c(F)c1Br. The summed E-state index contributed by atoms with van der Waals surface area (Å²) in [5, 5.41) is 3.35. The lowest BCUT2D eigenvalue weighted by Crippen LogP contribution is -2.34. The van der Waals surface area contributed by atoms with Gasteiger partial charge in [-0.25, -0.2) is 4.39 Å². The van der Waals surface area contributed by atoms with Crippen LogP contribution in [0.15, 0.2) is 16.6 Å². The number of hydrogen-bond acceptors (Lipinski definition) is 2. The van der Waals surface area contributed by atoms with Gasteiger partial charge in [0.2, 0.25) is 0 Å². The maximum absolute atomic E-state index is 14.2. The van der Waals surface area contributed by atoms with E-state index in [2.05, 4.69) is 21.2 Å². The van der Waals surface area contributed by atoms with Crippen LogP contribution in [-0.2, 0) is 5.54 Å². The minimum absolute atomic E-state index is 0.226. The third-order valence-electron chi connectivity index (χ3n) is 3.23.